The van der Waals surface area contributed by atoms with Crippen molar-refractivity contribution in [2.75, 3.05) is 25.3 Å². The van der Waals surface area contributed by atoms with Gasteiger partial charge < -0.3 is 14.8 Å². The molecule has 1 N–H and O–H groups in total. The van der Waals surface area contributed by atoms with Gasteiger partial charge >= 0.3 is 0 Å². The second-order valence-electron chi connectivity index (χ2n) is 6.24. The van der Waals surface area contributed by atoms with Crippen LogP contribution in [0.3, 0.4) is 0 Å². The van der Waals surface area contributed by atoms with Crippen molar-refractivity contribution in [1.82, 2.24) is 0 Å². The zero-order chi connectivity index (χ0) is 21.5. The molecule has 0 radical (unpaired) electrons. The van der Waals surface area contributed by atoms with Crippen LogP contribution < -0.4 is 14.8 Å². The second kappa shape index (κ2) is 10.2. The Labute approximate surface area is 184 Å². The number of methoxy groups -OCH3 is 2. The minimum atomic E-state index is -0.273. The molecule has 0 atom stereocenters. The minimum Gasteiger partial charge on any atom is -0.493 e. The molecule has 0 spiro atoms. The van der Waals surface area contributed by atoms with Gasteiger partial charge in [-0.05, 0) is 48.5 Å². The number of benzene rings is 3. The Kier molecular flexibility index (Phi) is 7.38. The predicted molar refractivity (Wildman–Crippen MR) is 120 cm³/mol. The lowest BCUT2D eigenvalue weighted by atomic mass is 10.1. The van der Waals surface area contributed by atoms with Crippen LogP contribution in [0.25, 0.3) is 0 Å². The van der Waals surface area contributed by atoms with Crippen molar-refractivity contribution in [1.29, 1.82) is 0 Å². The Bertz CT molecular complexity index is 1070. The number of ether oxygens (including phenoxy) is 2. The molecule has 0 fully saturated rings. The van der Waals surface area contributed by atoms with Crippen molar-refractivity contribution >= 4 is 40.7 Å². The lowest BCUT2D eigenvalue weighted by molar-refractivity contribution is 0.101. The van der Waals surface area contributed by atoms with Gasteiger partial charge in [0.2, 0.25) is 0 Å². The molecule has 3 aromatic carbocycles. The van der Waals surface area contributed by atoms with Crippen molar-refractivity contribution in [3.05, 3.63) is 82.9 Å². The molecular formula is C23H20ClNO4S. The highest BCUT2D eigenvalue weighted by Crippen LogP contribution is 2.28. The number of carbonyl (C=O) groups is 2. The minimum absolute atomic E-state index is 0.0506. The van der Waals surface area contributed by atoms with E-state index in [2.05, 4.69) is 5.32 Å². The number of amides is 1. The van der Waals surface area contributed by atoms with E-state index in [1.807, 2.05) is 18.2 Å². The van der Waals surface area contributed by atoms with Gasteiger partial charge in [-0.2, -0.15) is 0 Å². The molecule has 0 aliphatic rings. The number of ketones is 1. The maximum absolute atomic E-state index is 12.6. The SMILES string of the molecule is COc1ccc(C(=O)Nc2cccc(SCC(=O)c3ccccc3Cl)c2)cc1OC. The molecule has 0 aromatic heterocycles. The van der Waals surface area contributed by atoms with E-state index >= 15 is 0 Å². The van der Waals surface area contributed by atoms with E-state index in [0.29, 0.717) is 33.3 Å². The summed E-state index contributed by atoms with van der Waals surface area (Å²) in [4.78, 5) is 25.9. The van der Waals surface area contributed by atoms with Gasteiger partial charge in [-0.3, -0.25) is 9.59 Å². The molecule has 0 saturated carbocycles. The Morgan fingerprint density at radius 2 is 1.70 bits per heavy atom. The molecule has 0 aliphatic heterocycles. The van der Waals surface area contributed by atoms with E-state index in [-0.39, 0.29) is 17.4 Å². The van der Waals surface area contributed by atoms with E-state index in [1.165, 1.54) is 26.0 Å². The third-order valence-corrected chi connectivity index (χ3v) is 5.61. The summed E-state index contributed by atoms with van der Waals surface area (Å²) < 4.78 is 10.4. The molecule has 0 saturated heterocycles. The predicted octanol–water partition coefficient (Wildman–Crippen LogP) is 5.58. The molecule has 0 heterocycles. The van der Waals surface area contributed by atoms with Gasteiger partial charge in [-0.15, -0.1) is 11.8 Å². The molecule has 1 amide bonds. The number of nitrogens with one attached hydrogen (secondary N) is 1. The van der Waals surface area contributed by atoms with Crippen molar-refractivity contribution in [3.8, 4) is 11.5 Å². The molecule has 154 valence electrons. The highest BCUT2D eigenvalue weighted by molar-refractivity contribution is 8.00. The summed E-state index contributed by atoms with van der Waals surface area (Å²) in [5, 5.41) is 3.30. The van der Waals surface area contributed by atoms with E-state index < -0.39 is 0 Å². The normalized spacial score (nSPS) is 10.4. The summed E-state index contributed by atoms with van der Waals surface area (Å²) in [6, 6.07) is 19.3. The van der Waals surface area contributed by atoms with Crippen LogP contribution in [0.1, 0.15) is 20.7 Å². The van der Waals surface area contributed by atoms with Crippen LogP contribution >= 0.6 is 23.4 Å². The van der Waals surface area contributed by atoms with E-state index in [9.17, 15) is 9.59 Å². The molecule has 0 unspecified atom stereocenters. The first-order valence-corrected chi connectivity index (χ1v) is 10.4. The van der Waals surface area contributed by atoms with Crippen LogP contribution in [0, 0.1) is 0 Å². The monoisotopic (exact) mass is 441 g/mol. The molecule has 7 heteroatoms. The summed E-state index contributed by atoms with van der Waals surface area (Å²) >= 11 is 7.47. The topological polar surface area (TPSA) is 64.6 Å². The molecule has 3 aromatic rings. The van der Waals surface area contributed by atoms with Crippen LogP contribution in [0.5, 0.6) is 11.5 Å². The molecule has 30 heavy (non-hydrogen) atoms. The van der Waals surface area contributed by atoms with Gasteiger partial charge in [0.25, 0.3) is 5.91 Å². The number of halogens is 1. The Balaban J connectivity index is 1.66. The highest BCUT2D eigenvalue weighted by Gasteiger charge is 2.13. The molecule has 5 nitrogen and oxygen atoms in total. The lowest BCUT2D eigenvalue weighted by Crippen LogP contribution is -2.12. The van der Waals surface area contributed by atoms with Gasteiger partial charge in [0.05, 0.1) is 25.0 Å². The van der Waals surface area contributed by atoms with Crippen LogP contribution in [-0.2, 0) is 0 Å². The zero-order valence-corrected chi connectivity index (χ0v) is 18.0. The lowest BCUT2D eigenvalue weighted by Gasteiger charge is -2.11. The molecule has 3 rings (SSSR count). The van der Waals surface area contributed by atoms with Gasteiger partial charge in [0, 0.05) is 21.7 Å². The van der Waals surface area contributed by atoms with Crippen LogP contribution in [0.4, 0.5) is 5.69 Å². The van der Waals surface area contributed by atoms with Gasteiger partial charge in [-0.1, -0.05) is 29.8 Å². The number of Topliss-reactive ketones (excluding diaryl/α,β-unsaturated/α-hetero) is 1. The standard InChI is InChI=1S/C23H20ClNO4S/c1-28-21-11-10-15(12-22(21)29-2)23(27)25-16-6-5-7-17(13-16)30-14-20(26)18-8-3-4-9-19(18)24/h3-13H,14H2,1-2H3,(H,25,27). The number of rotatable bonds is 8. The van der Waals surface area contributed by atoms with Crippen LogP contribution in [0.15, 0.2) is 71.6 Å². The first-order chi connectivity index (χ1) is 14.5. The Morgan fingerprint density at radius 1 is 0.933 bits per heavy atom. The van der Waals surface area contributed by atoms with E-state index in [4.69, 9.17) is 21.1 Å². The van der Waals surface area contributed by atoms with Crippen molar-refractivity contribution in [2.24, 2.45) is 0 Å². The fraction of sp³-hybridized carbons (Fsp3) is 0.130. The molecular weight excluding hydrogens is 422 g/mol. The largest absolute Gasteiger partial charge is 0.493 e. The van der Waals surface area contributed by atoms with Crippen molar-refractivity contribution < 1.29 is 19.1 Å². The summed E-state index contributed by atoms with van der Waals surface area (Å²) in [6.45, 7) is 0. The van der Waals surface area contributed by atoms with Crippen molar-refractivity contribution in [2.45, 2.75) is 4.90 Å². The number of carbonyl (C=O) groups excluding carboxylic acids is 2. The smallest absolute Gasteiger partial charge is 0.255 e. The summed E-state index contributed by atoms with van der Waals surface area (Å²) in [5.41, 5.74) is 1.58. The van der Waals surface area contributed by atoms with Gasteiger partial charge in [0.1, 0.15) is 0 Å². The first-order valence-electron chi connectivity index (χ1n) is 9.06. The summed E-state index contributed by atoms with van der Waals surface area (Å²) in [5.74, 6) is 0.954. The number of anilines is 1. The maximum Gasteiger partial charge on any atom is 0.255 e. The number of thioether (sulfide) groups is 1. The zero-order valence-electron chi connectivity index (χ0n) is 16.5. The summed E-state index contributed by atoms with van der Waals surface area (Å²) in [7, 11) is 3.06. The average molecular weight is 442 g/mol. The van der Waals surface area contributed by atoms with Gasteiger partial charge in [0.15, 0.2) is 17.3 Å². The third-order valence-electron chi connectivity index (χ3n) is 4.28. The third kappa shape index (κ3) is 5.34. The highest BCUT2D eigenvalue weighted by atomic mass is 35.5. The fourth-order valence-electron chi connectivity index (χ4n) is 2.76. The van der Waals surface area contributed by atoms with Crippen LogP contribution in [0.2, 0.25) is 5.02 Å². The van der Waals surface area contributed by atoms with Crippen molar-refractivity contribution in [3.63, 3.8) is 0 Å². The molecule has 0 bridgehead atoms. The molecule has 0 aliphatic carbocycles. The first kappa shape index (κ1) is 21.7. The quantitative estimate of drug-likeness (QED) is 0.365. The second-order valence-corrected chi connectivity index (χ2v) is 7.70. The van der Waals surface area contributed by atoms with Crippen LogP contribution in [-0.4, -0.2) is 31.7 Å². The maximum atomic E-state index is 12.6. The Hall–Kier alpha value is -2.96. The van der Waals surface area contributed by atoms with Gasteiger partial charge in [-0.25, -0.2) is 0 Å². The fourth-order valence-corrected chi connectivity index (χ4v) is 3.84. The summed E-state index contributed by atoms with van der Waals surface area (Å²) in [6.07, 6.45) is 0. The van der Waals surface area contributed by atoms with E-state index in [1.54, 1.807) is 48.5 Å². The van der Waals surface area contributed by atoms with E-state index in [0.717, 1.165) is 4.90 Å². The number of hydrogen-bond donors (Lipinski definition) is 1. The number of hydrogen-bond acceptors (Lipinski definition) is 5. The Morgan fingerprint density at radius 3 is 2.43 bits per heavy atom. The average Bonchev–Trinajstić information content (AvgIpc) is 2.77.